The van der Waals surface area contributed by atoms with E-state index < -0.39 is 31.7 Å². The summed E-state index contributed by atoms with van der Waals surface area (Å²) in [6, 6.07) is 48.7. The largest absolute Gasteiger partial charge is 0.497 e. The van der Waals surface area contributed by atoms with E-state index in [1.54, 1.807) is 16.9 Å². The molecule has 376 valence electrons. The van der Waals surface area contributed by atoms with Gasteiger partial charge in [0.05, 0.1) is 75.4 Å². The lowest BCUT2D eigenvalue weighted by molar-refractivity contribution is -0.151. The van der Waals surface area contributed by atoms with Gasteiger partial charge in [-0.25, -0.2) is 10.0 Å². The molecule has 1 N–H and O–H groups in total. The third-order valence-corrected chi connectivity index (χ3v) is 20.5. The van der Waals surface area contributed by atoms with Crippen molar-refractivity contribution < 1.29 is 33.8 Å². The Bertz CT molecular complexity index is 3200. The van der Waals surface area contributed by atoms with Gasteiger partial charge < -0.3 is 24.4 Å². The number of rotatable bonds is 12. The molecule has 11 rings (SSSR count). The molecule has 1 spiro atoms. The van der Waals surface area contributed by atoms with Crippen LogP contribution in [0.1, 0.15) is 72.4 Å². The summed E-state index contributed by atoms with van der Waals surface area (Å²) in [7, 11) is -1.07. The van der Waals surface area contributed by atoms with Gasteiger partial charge in [-0.15, -0.1) is 0 Å². The Balaban J connectivity index is 0.998. The highest BCUT2D eigenvalue weighted by Crippen LogP contribution is 2.61. The van der Waals surface area contributed by atoms with Crippen LogP contribution in [0, 0.1) is 5.92 Å². The van der Waals surface area contributed by atoms with E-state index in [1.807, 2.05) is 133 Å². The second kappa shape index (κ2) is 19.7. The number of aliphatic hydroxyl groups excluding tert-OH is 1. The summed E-state index contributed by atoms with van der Waals surface area (Å²) < 4.78 is 13.1. The lowest BCUT2D eigenvalue weighted by Crippen LogP contribution is -2.52. The van der Waals surface area contributed by atoms with E-state index in [0.717, 1.165) is 50.2 Å². The first-order chi connectivity index (χ1) is 35.9. The van der Waals surface area contributed by atoms with Gasteiger partial charge in [-0.3, -0.25) is 19.2 Å². The SMILES string of the molecule is COc1ccc([Si](C)(C)[C@H]2[C@H](CC(=O)N3Cc4ccccc4C[C@H]3CO)O[C@@]3(C(=O)N(Cc4ccc(N5N=C(c6ccccc6)CCC5=O)cc4)c4ccc(N5N=C(c6ccccc6)CCC5=O)cc43)[C@@H]2C)cc1. The summed E-state index contributed by atoms with van der Waals surface area (Å²) >= 11 is 0. The molecule has 74 heavy (non-hydrogen) atoms. The Morgan fingerprint density at radius 2 is 1.31 bits per heavy atom. The highest BCUT2D eigenvalue weighted by atomic mass is 28.3. The first-order valence-electron chi connectivity index (χ1n) is 25.6. The Morgan fingerprint density at radius 3 is 1.92 bits per heavy atom. The Hall–Kier alpha value is -7.52. The predicted molar refractivity (Wildman–Crippen MR) is 289 cm³/mol. The van der Waals surface area contributed by atoms with E-state index in [0.29, 0.717) is 54.9 Å². The number of ether oxygens (including phenoxy) is 2. The fourth-order valence-corrected chi connectivity index (χ4v) is 16.2. The van der Waals surface area contributed by atoms with Gasteiger partial charge in [-0.1, -0.05) is 134 Å². The number of methoxy groups -OCH3 is 1. The van der Waals surface area contributed by atoms with Gasteiger partial charge in [0.2, 0.25) is 17.7 Å². The quantitative estimate of drug-likeness (QED) is 0.121. The number of nitrogens with zero attached hydrogens (tertiary/aromatic N) is 6. The maximum absolute atomic E-state index is 16.1. The fraction of sp³-hybridized carbons (Fsp3) is 0.300. The molecule has 5 heterocycles. The highest BCUT2D eigenvalue weighted by molar-refractivity contribution is 6.91. The van der Waals surface area contributed by atoms with Crippen molar-refractivity contribution in [2.75, 3.05) is 28.6 Å². The van der Waals surface area contributed by atoms with Crippen molar-refractivity contribution in [1.82, 2.24) is 4.90 Å². The number of aliphatic hydroxyl groups is 1. The molecule has 6 aromatic carbocycles. The fourth-order valence-electron chi connectivity index (χ4n) is 12.2. The molecule has 5 aliphatic heterocycles. The van der Waals surface area contributed by atoms with Crippen LogP contribution in [-0.2, 0) is 49.0 Å². The smallest absolute Gasteiger partial charge is 0.264 e. The van der Waals surface area contributed by atoms with E-state index >= 15 is 9.59 Å². The van der Waals surface area contributed by atoms with Gasteiger partial charge in [0, 0.05) is 43.7 Å². The normalized spacial score (nSPS) is 22.7. The molecule has 1 saturated heterocycles. The van der Waals surface area contributed by atoms with Crippen LogP contribution >= 0.6 is 0 Å². The van der Waals surface area contributed by atoms with Gasteiger partial charge in [-0.2, -0.15) is 10.2 Å². The summed E-state index contributed by atoms with van der Waals surface area (Å²) in [6.07, 6.45) is 1.45. The van der Waals surface area contributed by atoms with Crippen LogP contribution < -0.4 is 24.8 Å². The van der Waals surface area contributed by atoms with Crippen molar-refractivity contribution >= 4 is 65.4 Å². The second-order valence-electron chi connectivity index (χ2n) is 20.7. The molecule has 0 unspecified atom stereocenters. The maximum Gasteiger partial charge on any atom is 0.264 e. The number of hydrogen-bond donors (Lipinski definition) is 1. The van der Waals surface area contributed by atoms with Gasteiger partial charge in [0.1, 0.15) is 5.75 Å². The minimum atomic E-state index is -2.71. The van der Waals surface area contributed by atoms with Crippen LogP contribution in [0.3, 0.4) is 0 Å². The van der Waals surface area contributed by atoms with Gasteiger partial charge in [0.25, 0.3) is 5.91 Å². The van der Waals surface area contributed by atoms with Crippen molar-refractivity contribution in [2.45, 2.75) is 94.9 Å². The van der Waals surface area contributed by atoms with E-state index in [-0.39, 0.29) is 55.2 Å². The van der Waals surface area contributed by atoms with Gasteiger partial charge >= 0.3 is 0 Å². The second-order valence-corrected chi connectivity index (χ2v) is 25.4. The standard InChI is InChI=1S/C60H60N6O7Si/c1-39-58(74(3,4)49-26-24-48(72-2)25-27-49)54(35-57(70)63-37-44-18-12-11-17-43(44)33-47(63)38-67)73-60(39)50-34-46(66-56(69)32-29-52(62-66)42-15-9-6-10-16-42)23-30-53(50)64(59(60)71)36-40-19-21-45(22-20-40)65-55(68)31-28-51(61-65)41-13-7-5-8-14-41/h5-27,30,34,39,47,54,58,67H,28-29,31-33,35-38H2,1-4H3/t39-,47+,54+,58-,60+/m1/s1. The molecule has 0 aromatic heterocycles. The summed E-state index contributed by atoms with van der Waals surface area (Å²) in [6.45, 7) is 7.00. The van der Waals surface area contributed by atoms with Crippen molar-refractivity contribution in [3.63, 3.8) is 0 Å². The molecule has 6 aromatic rings. The summed E-state index contributed by atoms with van der Waals surface area (Å²) in [5, 5.41) is 24.5. The van der Waals surface area contributed by atoms with Crippen molar-refractivity contribution in [2.24, 2.45) is 16.1 Å². The number of anilines is 3. The third kappa shape index (κ3) is 8.63. The third-order valence-electron chi connectivity index (χ3n) is 16.1. The van der Waals surface area contributed by atoms with Crippen molar-refractivity contribution in [1.29, 1.82) is 0 Å². The summed E-state index contributed by atoms with van der Waals surface area (Å²) in [4.78, 5) is 61.9. The van der Waals surface area contributed by atoms with Crippen molar-refractivity contribution in [3.05, 3.63) is 185 Å². The van der Waals surface area contributed by atoms with Gasteiger partial charge in [-0.05, 0) is 82.2 Å². The Morgan fingerprint density at radius 1 is 0.730 bits per heavy atom. The number of carbonyl (C=O) groups is 4. The molecule has 0 saturated carbocycles. The molecule has 0 bridgehead atoms. The van der Waals surface area contributed by atoms with Crippen molar-refractivity contribution in [3.8, 4) is 5.75 Å². The Kier molecular flexibility index (Phi) is 13.0. The van der Waals surface area contributed by atoms with Gasteiger partial charge in [0.15, 0.2) is 5.60 Å². The van der Waals surface area contributed by atoms with Crippen LogP contribution in [0.4, 0.5) is 17.1 Å². The number of benzene rings is 6. The molecule has 14 heteroatoms. The zero-order valence-electron chi connectivity index (χ0n) is 42.2. The van der Waals surface area contributed by atoms with Crippen LogP contribution in [0.5, 0.6) is 5.75 Å². The van der Waals surface area contributed by atoms with E-state index in [2.05, 4.69) is 38.2 Å². The minimum Gasteiger partial charge on any atom is -0.497 e. The van der Waals surface area contributed by atoms with E-state index in [1.165, 1.54) is 10.0 Å². The number of hydrazone groups is 2. The molecule has 4 amide bonds. The summed E-state index contributed by atoms with van der Waals surface area (Å²) in [5.74, 6) is -0.407. The maximum atomic E-state index is 16.1. The first kappa shape index (κ1) is 48.7. The zero-order chi connectivity index (χ0) is 51.3. The average Bonchev–Trinajstić information content (AvgIpc) is 3.86. The van der Waals surface area contributed by atoms with E-state index in [9.17, 15) is 14.7 Å². The van der Waals surface area contributed by atoms with E-state index in [4.69, 9.17) is 19.7 Å². The molecule has 0 radical (unpaired) electrons. The topological polar surface area (TPSA) is 145 Å². The lowest BCUT2D eigenvalue weighted by atomic mass is 9.82. The number of hydrogen-bond acceptors (Lipinski definition) is 9. The van der Waals surface area contributed by atoms with Crippen LogP contribution in [0.2, 0.25) is 18.6 Å². The zero-order valence-corrected chi connectivity index (χ0v) is 43.2. The van der Waals surface area contributed by atoms with Crippen LogP contribution in [0.25, 0.3) is 0 Å². The molecular formula is C60H60N6O7Si. The monoisotopic (exact) mass is 1000 g/mol. The lowest BCUT2D eigenvalue weighted by Gasteiger charge is -2.39. The average molecular weight is 1010 g/mol. The van der Waals surface area contributed by atoms with Crippen LogP contribution in [-0.4, -0.2) is 79.0 Å². The van der Waals surface area contributed by atoms with Crippen LogP contribution in [0.15, 0.2) is 162 Å². The molecule has 1 fully saturated rings. The summed E-state index contributed by atoms with van der Waals surface area (Å²) in [5.41, 5.74) is 7.03. The molecule has 0 aliphatic carbocycles. The number of fused-ring (bicyclic) bond motifs is 3. The first-order valence-corrected chi connectivity index (χ1v) is 28.7. The molecular weight excluding hydrogens is 945 g/mol. The minimum absolute atomic E-state index is 0.00912. The predicted octanol–water partition coefficient (Wildman–Crippen LogP) is 8.86. The number of carbonyl (C=O) groups excluding carboxylic acids is 4. The Labute approximate surface area is 432 Å². The molecule has 5 atom stereocenters. The molecule has 5 aliphatic rings. The number of amides is 4. The molecule has 13 nitrogen and oxygen atoms in total. The highest BCUT2D eigenvalue weighted by Gasteiger charge is 2.67.